The Balaban J connectivity index is 1.81. The minimum Gasteiger partial charge on any atom is -0.436 e. The molecule has 2 heterocycles. The van der Waals surface area contributed by atoms with Crippen molar-refractivity contribution in [1.29, 1.82) is 0 Å². The van der Waals surface area contributed by atoms with Crippen molar-refractivity contribution in [1.82, 2.24) is 13.9 Å². The number of nitrogens with zero attached hydrogens (tertiary/aromatic N) is 3. The molecule has 0 aliphatic heterocycles. The van der Waals surface area contributed by atoms with Crippen molar-refractivity contribution in [3.8, 4) is 11.6 Å². The van der Waals surface area contributed by atoms with Gasteiger partial charge in [0.05, 0.1) is 19.2 Å². The summed E-state index contributed by atoms with van der Waals surface area (Å²) in [5, 5.41) is 0.457. The topological polar surface area (TPSA) is 100 Å². The van der Waals surface area contributed by atoms with Crippen molar-refractivity contribution < 1.29 is 13.2 Å². The molecule has 0 aliphatic carbocycles. The Morgan fingerprint density at radius 2 is 1.69 bits per heavy atom. The van der Waals surface area contributed by atoms with Crippen molar-refractivity contribution in [2.45, 2.75) is 11.8 Å². The van der Waals surface area contributed by atoms with Gasteiger partial charge in [0, 0.05) is 11.9 Å². The predicted molar refractivity (Wildman–Crippen MR) is 118 cm³/mol. The van der Waals surface area contributed by atoms with Gasteiger partial charge in [-0.25, -0.2) is 22.4 Å². The van der Waals surface area contributed by atoms with Gasteiger partial charge in [-0.05, 0) is 69.1 Å². The zero-order valence-electron chi connectivity index (χ0n) is 15.0. The second-order valence-electron chi connectivity index (χ2n) is 6.26. The normalized spacial score (nSPS) is 11.7. The van der Waals surface area contributed by atoms with Crippen LogP contribution in [-0.4, -0.2) is 22.4 Å². The quantitative estimate of drug-likeness (QED) is 0.372. The molecule has 2 N–H and O–H groups in total. The summed E-state index contributed by atoms with van der Waals surface area (Å²) in [6.45, 7) is 1.89. The SMILES string of the molecule is Cc1ccc(S(=O)(=O)n2ccc3c(Oc4c(Br)cc(N)cc4Br)ncnc32)cc1. The first kappa shape index (κ1) is 19.9. The van der Waals surface area contributed by atoms with Crippen LogP contribution in [0.5, 0.6) is 11.6 Å². The van der Waals surface area contributed by atoms with Crippen LogP contribution in [0, 0.1) is 6.92 Å². The fourth-order valence-electron chi connectivity index (χ4n) is 2.78. The minimum absolute atomic E-state index is 0.172. The molecule has 0 fully saturated rings. The summed E-state index contributed by atoms with van der Waals surface area (Å²) < 4.78 is 34.5. The maximum atomic E-state index is 13.1. The van der Waals surface area contributed by atoms with Crippen LogP contribution in [0.3, 0.4) is 0 Å². The molecular weight excluding hydrogens is 524 g/mol. The van der Waals surface area contributed by atoms with E-state index in [1.54, 1.807) is 42.5 Å². The first-order valence-electron chi connectivity index (χ1n) is 8.34. The number of fused-ring (bicyclic) bond motifs is 1. The van der Waals surface area contributed by atoms with E-state index in [0.29, 0.717) is 25.8 Å². The summed E-state index contributed by atoms with van der Waals surface area (Å²) in [5.74, 6) is 0.687. The van der Waals surface area contributed by atoms with Gasteiger partial charge >= 0.3 is 0 Å². The molecule has 0 saturated carbocycles. The minimum atomic E-state index is -3.81. The highest BCUT2D eigenvalue weighted by Gasteiger charge is 2.22. The van der Waals surface area contributed by atoms with Gasteiger partial charge in [0.1, 0.15) is 6.33 Å². The fourth-order valence-corrected chi connectivity index (χ4v) is 5.46. The number of benzene rings is 2. The number of hydrogen-bond donors (Lipinski definition) is 1. The summed E-state index contributed by atoms with van der Waals surface area (Å²) in [6, 6.07) is 11.6. The molecule has 4 aromatic rings. The Hall–Kier alpha value is -2.43. The Bertz CT molecular complexity index is 1310. The zero-order chi connectivity index (χ0) is 20.8. The number of nitrogen functional groups attached to an aromatic ring is 1. The van der Waals surface area contributed by atoms with E-state index in [0.717, 1.165) is 9.54 Å². The lowest BCUT2D eigenvalue weighted by atomic mass is 10.2. The Kier molecular flexibility index (Phi) is 5.09. The smallest absolute Gasteiger partial charge is 0.269 e. The number of ether oxygens (including phenoxy) is 1. The van der Waals surface area contributed by atoms with Crippen LogP contribution in [0.4, 0.5) is 5.69 Å². The van der Waals surface area contributed by atoms with E-state index < -0.39 is 10.0 Å². The summed E-state index contributed by atoms with van der Waals surface area (Å²) in [6.07, 6.45) is 2.70. The lowest BCUT2D eigenvalue weighted by molar-refractivity contribution is 0.462. The maximum Gasteiger partial charge on any atom is 0.269 e. The maximum absolute atomic E-state index is 13.1. The van der Waals surface area contributed by atoms with E-state index in [2.05, 4.69) is 41.8 Å². The lowest BCUT2D eigenvalue weighted by Gasteiger charge is -2.11. The van der Waals surface area contributed by atoms with Crippen molar-refractivity contribution >= 4 is 58.6 Å². The molecule has 10 heteroatoms. The number of hydrogen-bond acceptors (Lipinski definition) is 6. The number of aromatic nitrogens is 3. The van der Waals surface area contributed by atoms with Crippen LogP contribution in [0.1, 0.15) is 5.56 Å². The van der Waals surface area contributed by atoms with Crippen LogP contribution in [0.25, 0.3) is 11.0 Å². The third-order valence-electron chi connectivity index (χ3n) is 4.21. The van der Waals surface area contributed by atoms with Gasteiger partial charge < -0.3 is 10.5 Å². The molecule has 0 saturated heterocycles. The van der Waals surface area contributed by atoms with Gasteiger partial charge in [0.15, 0.2) is 11.4 Å². The van der Waals surface area contributed by atoms with Gasteiger partial charge in [-0.2, -0.15) is 0 Å². The third-order valence-corrected chi connectivity index (χ3v) is 7.07. The van der Waals surface area contributed by atoms with Gasteiger partial charge in [-0.1, -0.05) is 17.7 Å². The average Bonchev–Trinajstić information content (AvgIpc) is 3.10. The number of anilines is 1. The summed E-state index contributed by atoms with van der Waals surface area (Å²) >= 11 is 6.83. The van der Waals surface area contributed by atoms with Crippen LogP contribution in [0.2, 0.25) is 0 Å². The lowest BCUT2D eigenvalue weighted by Crippen LogP contribution is -2.12. The Morgan fingerprint density at radius 3 is 2.34 bits per heavy atom. The van der Waals surface area contributed by atoms with Crippen LogP contribution in [-0.2, 0) is 10.0 Å². The molecule has 0 atom stereocenters. The zero-order valence-corrected chi connectivity index (χ0v) is 19.0. The summed E-state index contributed by atoms with van der Waals surface area (Å²) in [4.78, 5) is 8.51. The molecule has 2 aromatic heterocycles. The van der Waals surface area contributed by atoms with E-state index >= 15 is 0 Å². The molecule has 7 nitrogen and oxygen atoms in total. The highest BCUT2D eigenvalue weighted by atomic mass is 79.9. The van der Waals surface area contributed by atoms with Crippen LogP contribution < -0.4 is 10.5 Å². The average molecular weight is 538 g/mol. The standard InChI is InChI=1S/C19H14Br2N4O3S/c1-11-2-4-13(5-3-11)29(26,27)25-7-6-14-18(25)23-10-24-19(14)28-17-15(20)8-12(22)9-16(17)21/h2-10H,22H2,1H3. The second kappa shape index (κ2) is 7.43. The third kappa shape index (κ3) is 3.63. The molecule has 0 amide bonds. The summed E-state index contributed by atoms with van der Waals surface area (Å²) in [5.41, 5.74) is 7.56. The molecule has 0 bridgehead atoms. The van der Waals surface area contributed by atoms with E-state index in [1.165, 1.54) is 12.5 Å². The van der Waals surface area contributed by atoms with E-state index in [1.807, 2.05) is 6.92 Å². The number of halogens is 2. The molecule has 0 spiro atoms. The molecular formula is C19H14Br2N4O3S. The number of aryl methyl sites for hydroxylation is 1. The van der Waals surface area contributed by atoms with Gasteiger partial charge in [0.25, 0.3) is 10.0 Å². The molecule has 29 heavy (non-hydrogen) atoms. The highest BCUT2D eigenvalue weighted by molar-refractivity contribution is 9.11. The molecule has 4 rings (SSSR count). The van der Waals surface area contributed by atoms with Crippen LogP contribution >= 0.6 is 31.9 Å². The van der Waals surface area contributed by atoms with Crippen molar-refractivity contribution in [3.63, 3.8) is 0 Å². The van der Waals surface area contributed by atoms with E-state index in [4.69, 9.17) is 10.5 Å². The van der Waals surface area contributed by atoms with Crippen LogP contribution in [0.15, 0.2) is 68.8 Å². The van der Waals surface area contributed by atoms with Crippen molar-refractivity contribution in [3.05, 3.63) is 69.5 Å². The predicted octanol–water partition coefficient (Wildman–Crippen LogP) is 4.88. The van der Waals surface area contributed by atoms with E-state index in [-0.39, 0.29) is 16.4 Å². The van der Waals surface area contributed by atoms with Crippen molar-refractivity contribution in [2.24, 2.45) is 0 Å². The molecule has 148 valence electrons. The van der Waals surface area contributed by atoms with Crippen molar-refractivity contribution in [2.75, 3.05) is 5.73 Å². The van der Waals surface area contributed by atoms with Gasteiger partial charge in [0.2, 0.25) is 5.88 Å². The fraction of sp³-hybridized carbons (Fsp3) is 0.0526. The molecule has 0 unspecified atom stereocenters. The Labute approximate surface area is 183 Å². The first-order chi connectivity index (χ1) is 13.8. The second-order valence-corrected chi connectivity index (χ2v) is 9.79. The van der Waals surface area contributed by atoms with Gasteiger partial charge in [-0.3, -0.25) is 0 Å². The highest BCUT2D eigenvalue weighted by Crippen LogP contribution is 2.39. The first-order valence-corrected chi connectivity index (χ1v) is 11.4. The molecule has 2 aromatic carbocycles. The molecule has 0 aliphatic rings. The summed E-state index contributed by atoms with van der Waals surface area (Å²) in [7, 11) is -3.81. The monoisotopic (exact) mass is 536 g/mol. The van der Waals surface area contributed by atoms with E-state index in [9.17, 15) is 8.42 Å². The Morgan fingerprint density at radius 1 is 1.03 bits per heavy atom. The molecule has 0 radical (unpaired) electrons. The van der Waals surface area contributed by atoms with Gasteiger partial charge in [-0.15, -0.1) is 0 Å². The number of rotatable bonds is 4. The number of nitrogens with two attached hydrogens (primary N) is 1. The largest absolute Gasteiger partial charge is 0.436 e.